The van der Waals surface area contributed by atoms with E-state index in [4.69, 9.17) is 21.1 Å². The van der Waals surface area contributed by atoms with Gasteiger partial charge in [0.05, 0.1) is 29.7 Å². The van der Waals surface area contributed by atoms with Gasteiger partial charge >= 0.3 is 0 Å². The molecule has 6 atom stereocenters. The monoisotopic (exact) mass is 728 g/mol. The number of ether oxygens (including phenoxy) is 2. The summed E-state index contributed by atoms with van der Waals surface area (Å²) < 4.78 is 37.0. The number of fused-ring (bicyclic) bond motifs is 6. The highest BCUT2D eigenvalue weighted by atomic mass is 35.5. The average Bonchev–Trinajstić information content (AvgIpc) is 3.48. The van der Waals surface area contributed by atoms with Crippen LogP contribution >= 0.6 is 11.6 Å². The molecule has 1 saturated carbocycles. The second-order valence-electron chi connectivity index (χ2n) is 15.6. The highest BCUT2D eigenvalue weighted by molar-refractivity contribution is 7.92. The molecule has 9 nitrogen and oxygen atoms in total. The molecule has 4 heterocycles. The van der Waals surface area contributed by atoms with E-state index >= 15 is 0 Å². The van der Waals surface area contributed by atoms with E-state index < -0.39 is 21.7 Å². The van der Waals surface area contributed by atoms with Crippen molar-refractivity contribution < 1.29 is 23.3 Å². The number of aromatic nitrogens is 1. The van der Waals surface area contributed by atoms with Gasteiger partial charge in [0.1, 0.15) is 15.7 Å². The summed E-state index contributed by atoms with van der Waals surface area (Å²) in [6.07, 6.45) is 12.8. The van der Waals surface area contributed by atoms with Gasteiger partial charge in [0, 0.05) is 54.6 Å². The molecule has 3 aliphatic heterocycles. The summed E-state index contributed by atoms with van der Waals surface area (Å²) in [6, 6.07) is 13.6. The minimum absolute atomic E-state index is 0.0627. The van der Waals surface area contributed by atoms with E-state index in [9.17, 15) is 13.8 Å². The van der Waals surface area contributed by atoms with Crippen LogP contribution in [0.1, 0.15) is 82.5 Å². The maximum absolute atomic E-state index is 14.8. The van der Waals surface area contributed by atoms with Crippen molar-refractivity contribution in [1.82, 2.24) is 9.29 Å². The topological polar surface area (TPSA) is 102 Å². The second kappa shape index (κ2) is 12.8. The summed E-state index contributed by atoms with van der Waals surface area (Å²) in [7, 11) is -1.74. The van der Waals surface area contributed by atoms with E-state index in [0.29, 0.717) is 36.0 Å². The summed E-state index contributed by atoms with van der Waals surface area (Å²) in [5.74, 6) is 0.273. The van der Waals surface area contributed by atoms with E-state index in [1.54, 1.807) is 13.2 Å². The highest BCUT2D eigenvalue weighted by Gasteiger charge is 2.47. The van der Waals surface area contributed by atoms with Crippen LogP contribution in [0.4, 0.5) is 5.69 Å². The number of aryl methyl sites for hydroxylation is 3. The predicted molar refractivity (Wildman–Crippen MR) is 198 cm³/mol. The summed E-state index contributed by atoms with van der Waals surface area (Å²) in [5, 5.41) is 0.751. The van der Waals surface area contributed by atoms with Gasteiger partial charge in [0.25, 0.3) is 11.8 Å². The summed E-state index contributed by atoms with van der Waals surface area (Å²) in [6.45, 7) is 2.94. The van der Waals surface area contributed by atoms with Crippen molar-refractivity contribution in [2.75, 3.05) is 37.5 Å². The van der Waals surface area contributed by atoms with Crippen molar-refractivity contribution in [2.24, 2.45) is 22.1 Å². The zero-order chi connectivity index (χ0) is 34.9. The van der Waals surface area contributed by atoms with E-state index in [-0.39, 0.29) is 23.2 Å². The SMILES string of the molecule is CO[C@H]1C2=CC[C@@H]2CS(=O)(NC(=O)c2cc3n(c2)CCCC3)=NC(=O)c2ccc3c(c2)N(C[C@@H]2CC[C@H]21)C[C@@]1(CCCc2cc(Cl)ccc21)CO3. The highest BCUT2D eigenvalue weighted by Crippen LogP contribution is 2.49. The van der Waals surface area contributed by atoms with Gasteiger partial charge in [-0.3, -0.25) is 14.3 Å². The van der Waals surface area contributed by atoms with Crippen LogP contribution < -0.4 is 14.4 Å². The fourth-order valence-corrected chi connectivity index (χ4v) is 11.7. The Labute approximate surface area is 305 Å². The summed E-state index contributed by atoms with van der Waals surface area (Å²) >= 11 is 6.47. The molecule has 2 bridgehead atoms. The molecule has 3 aromatic rings. The molecule has 1 aromatic heterocycles. The van der Waals surface area contributed by atoms with E-state index in [0.717, 1.165) is 98.7 Å². The van der Waals surface area contributed by atoms with Crippen molar-refractivity contribution in [2.45, 2.75) is 75.9 Å². The molecule has 0 saturated heterocycles. The standard InChI is InChI=1S/C40H45ClN4O5S/c1-49-37-32-11-7-27(32)20-45-23-40(15-4-5-25-17-30(41)10-13-34(25)40)24-50-36-14-9-26(19-35(36)45)38(46)42-51(48,22-28-8-12-33(28)37)43-39(47)29-18-31-6-2-3-16-44(31)21-29/h9-10,12-14,17-19,21,27-28,32,37H,2-8,11,15-16,20,22-24H2,1H3,(H,42,43,46,47,48)/t27-,28+,32+,37+,40-,51?/m0/s1. The van der Waals surface area contributed by atoms with Crippen molar-refractivity contribution >= 4 is 39.0 Å². The minimum atomic E-state index is -3.51. The molecule has 2 amide bonds. The molecule has 1 unspecified atom stereocenters. The van der Waals surface area contributed by atoms with Crippen LogP contribution in [0.15, 0.2) is 64.7 Å². The van der Waals surface area contributed by atoms with Crippen LogP contribution in [0.2, 0.25) is 5.02 Å². The van der Waals surface area contributed by atoms with Crippen LogP contribution in [0.5, 0.6) is 5.75 Å². The van der Waals surface area contributed by atoms with Gasteiger partial charge in [-0.05, 0) is 129 Å². The van der Waals surface area contributed by atoms with Crippen molar-refractivity contribution in [3.05, 3.63) is 93.3 Å². The first-order chi connectivity index (χ1) is 24.7. The van der Waals surface area contributed by atoms with Gasteiger partial charge in [0.2, 0.25) is 0 Å². The van der Waals surface area contributed by atoms with Crippen LogP contribution in [-0.4, -0.2) is 59.3 Å². The molecular weight excluding hydrogens is 684 g/mol. The molecule has 51 heavy (non-hydrogen) atoms. The smallest absolute Gasteiger partial charge is 0.286 e. The van der Waals surface area contributed by atoms with Gasteiger partial charge in [-0.2, -0.15) is 0 Å². The van der Waals surface area contributed by atoms with Crippen LogP contribution in [0, 0.1) is 17.8 Å². The summed E-state index contributed by atoms with van der Waals surface area (Å²) in [4.78, 5) is 30.2. The zero-order valence-electron chi connectivity index (χ0n) is 29.1. The lowest BCUT2D eigenvalue weighted by Crippen LogP contribution is -2.51. The number of rotatable bonds is 3. The van der Waals surface area contributed by atoms with E-state index in [2.05, 4.69) is 36.8 Å². The number of nitrogens with one attached hydrogen (secondary N) is 1. The number of carbonyl (C=O) groups excluding carboxylic acids is 2. The first-order valence-corrected chi connectivity index (χ1v) is 20.6. The largest absolute Gasteiger partial charge is 0.490 e. The van der Waals surface area contributed by atoms with Gasteiger partial charge in [-0.1, -0.05) is 23.7 Å². The molecule has 11 heteroatoms. The Morgan fingerprint density at radius 2 is 2.02 bits per heavy atom. The van der Waals surface area contributed by atoms with Crippen molar-refractivity contribution in [1.29, 1.82) is 0 Å². The van der Waals surface area contributed by atoms with Crippen molar-refractivity contribution in [3.63, 3.8) is 0 Å². The molecule has 268 valence electrons. The molecule has 1 N–H and O–H groups in total. The predicted octanol–water partition coefficient (Wildman–Crippen LogP) is 6.91. The Morgan fingerprint density at radius 3 is 2.80 bits per heavy atom. The number of allylic oxidation sites excluding steroid dienone is 1. The number of halogens is 1. The number of hydrogen-bond donors (Lipinski definition) is 1. The molecule has 1 spiro atoms. The van der Waals surface area contributed by atoms with E-state index in [1.807, 2.05) is 30.5 Å². The van der Waals surface area contributed by atoms with E-state index in [1.165, 1.54) is 11.1 Å². The Kier molecular flexibility index (Phi) is 8.35. The molecule has 1 fully saturated rings. The number of nitrogens with zero attached hydrogens (tertiary/aromatic N) is 3. The number of carbonyl (C=O) groups is 2. The third-order valence-corrected chi connectivity index (χ3v) is 14.6. The number of methoxy groups -OCH3 is 1. The quantitative estimate of drug-likeness (QED) is 0.295. The first kappa shape index (κ1) is 33.3. The summed E-state index contributed by atoms with van der Waals surface area (Å²) in [5.41, 5.74) is 6.17. The van der Waals surface area contributed by atoms with Gasteiger partial charge in [-0.25, -0.2) is 4.21 Å². The average molecular weight is 729 g/mol. The molecule has 0 radical (unpaired) electrons. The maximum atomic E-state index is 14.8. The number of amides is 2. The van der Waals surface area contributed by atoms with Crippen molar-refractivity contribution in [3.8, 4) is 5.75 Å². The lowest BCUT2D eigenvalue weighted by atomic mass is 9.65. The number of anilines is 1. The minimum Gasteiger partial charge on any atom is -0.490 e. The maximum Gasteiger partial charge on any atom is 0.286 e. The zero-order valence-corrected chi connectivity index (χ0v) is 30.6. The number of hydrogen-bond acceptors (Lipinski definition) is 6. The lowest BCUT2D eigenvalue weighted by molar-refractivity contribution is -0.00148. The molecule has 9 rings (SSSR count). The Bertz CT molecular complexity index is 2060. The van der Waals surface area contributed by atoms with Gasteiger partial charge in [0.15, 0.2) is 0 Å². The van der Waals surface area contributed by atoms with Crippen LogP contribution in [0.3, 0.4) is 0 Å². The molecule has 6 aliphatic rings. The van der Waals surface area contributed by atoms with Gasteiger partial charge < -0.3 is 18.9 Å². The molecule has 2 aromatic carbocycles. The van der Waals surface area contributed by atoms with Crippen LogP contribution in [-0.2, 0) is 39.5 Å². The fourth-order valence-electron chi connectivity index (χ4n) is 9.69. The third kappa shape index (κ3) is 5.91. The fraction of sp³-hybridized carbons (Fsp3) is 0.500. The number of benzene rings is 2. The molecule has 3 aliphatic carbocycles. The molecular formula is C40H45ClN4O5S. The Hall–Kier alpha value is -3.60. The third-order valence-electron chi connectivity index (χ3n) is 12.5. The Balaban J connectivity index is 1.12. The van der Waals surface area contributed by atoms with Gasteiger partial charge in [-0.15, -0.1) is 4.36 Å². The second-order valence-corrected chi connectivity index (χ2v) is 18.0. The normalized spacial score (nSPS) is 31.1. The Morgan fingerprint density at radius 1 is 1.12 bits per heavy atom. The first-order valence-electron chi connectivity index (χ1n) is 18.5. The lowest BCUT2D eigenvalue weighted by Gasteiger charge is -2.48. The van der Waals surface area contributed by atoms with Crippen LogP contribution in [0.25, 0.3) is 0 Å².